The van der Waals surface area contributed by atoms with Gasteiger partial charge in [0.25, 0.3) is 0 Å². The standard InChI is InChI=1S/C27H24O7/c1-16(2)25(29)32-21-9-7-8-19(14-21)10-12-22(28)20-11-13-23(33-26(30)17(3)4)24(15-20)34-27(31)18(5)6/h7-15H,1,3,5H2,2,4,6H3/b12-10+. The molecule has 2 aromatic rings. The molecular formula is C27H24O7. The summed E-state index contributed by atoms with van der Waals surface area (Å²) in [6.07, 6.45) is 2.84. The molecule has 0 fully saturated rings. The van der Waals surface area contributed by atoms with Gasteiger partial charge in [-0.05, 0) is 62.7 Å². The Labute approximate surface area is 197 Å². The molecule has 0 spiro atoms. The van der Waals surface area contributed by atoms with E-state index >= 15 is 0 Å². The quantitative estimate of drug-likeness (QED) is 0.224. The molecule has 0 bridgehead atoms. The number of ether oxygens (including phenoxy) is 3. The predicted molar refractivity (Wildman–Crippen MR) is 128 cm³/mol. The Bertz CT molecular complexity index is 1230. The number of rotatable bonds is 9. The Balaban J connectivity index is 2.28. The van der Waals surface area contributed by atoms with E-state index in [0.29, 0.717) is 11.3 Å². The normalized spacial score (nSPS) is 10.3. The molecule has 0 N–H and O–H groups in total. The van der Waals surface area contributed by atoms with Crippen LogP contribution in [0.1, 0.15) is 36.7 Å². The first-order chi connectivity index (χ1) is 16.0. The van der Waals surface area contributed by atoms with Crippen molar-refractivity contribution in [1.29, 1.82) is 0 Å². The van der Waals surface area contributed by atoms with E-state index in [1.165, 1.54) is 51.1 Å². The van der Waals surface area contributed by atoms with Crippen LogP contribution in [0.3, 0.4) is 0 Å². The average Bonchev–Trinajstić information content (AvgIpc) is 2.78. The topological polar surface area (TPSA) is 96.0 Å². The molecule has 7 heteroatoms. The fourth-order valence-electron chi connectivity index (χ4n) is 2.34. The van der Waals surface area contributed by atoms with Crippen LogP contribution in [0.15, 0.2) is 85.0 Å². The molecule has 0 amide bonds. The third-order valence-corrected chi connectivity index (χ3v) is 4.17. The Morgan fingerprint density at radius 3 is 1.85 bits per heavy atom. The first kappa shape index (κ1) is 25.7. The summed E-state index contributed by atoms with van der Waals surface area (Å²) < 4.78 is 15.6. The molecule has 0 saturated carbocycles. The van der Waals surface area contributed by atoms with Crippen LogP contribution in [0.25, 0.3) is 6.08 Å². The SMILES string of the molecule is C=C(C)C(=O)Oc1cccc(/C=C/C(=O)c2ccc(OC(=O)C(=C)C)c(OC(=O)C(=C)C)c2)c1. The third kappa shape index (κ3) is 7.27. The first-order valence-corrected chi connectivity index (χ1v) is 10.1. The highest BCUT2D eigenvalue weighted by Crippen LogP contribution is 2.30. The minimum atomic E-state index is -0.742. The molecule has 0 aliphatic heterocycles. The van der Waals surface area contributed by atoms with Gasteiger partial charge in [0.05, 0.1) is 0 Å². The highest BCUT2D eigenvalue weighted by molar-refractivity contribution is 6.07. The van der Waals surface area contributed by atoms with Crippen molar-refractivity contribution in [3.05, 3.63) is 96.1 Å². The van der Waals surface area contributed by atoms with Gasteiger partial charge in [0.1, 0.15) is 5.75 Å². The van der Waals surface area contributed by atoms with Crippen molar-refractivity contribution in [2.75, 3.05) is 0 Å². The molecule has 0 atom stereocenters. The molecular weight excluding hydrogens is 436 g/mol. The summed E-state index contributed by atoms with van der Waals surface area (Å²) in [5.74, 6) is -2.27. The number of allylic oxidation sites excluding steroid dienone is 1. The average molecular weight is 460 g/mol. The summed E-state index contributed by atoms with van der Waals surface area (Å²) in [5, 5.41) is 0. The van der Waals surface area contributed by atoms with E-state index in [1.54, 1.807) is 24.3 Å². The molecule has 0 unspecified atom stereocenters. The second-order valence-corrected chi connectivity index (χ2v) is 7.44. The molecule has 0 saturated heterocycles. The van der Waals surface area contributed by atoms with Gasteiger partial charge in [0, 0.05) is 22.3 Å². The number of esters is 3. The Hall–Kier alpha value is -4.52. The number of carbonyl (C=O) groups excluding carboxylic acids is 4. The zero-order chi connectivity index (χ0) is 25.4. The van der Waals surface area contributed by atoms with Gasteiger partial charge in [-0.15, -0.1) is 0 Å². The maximum Gasteiger partial charge on any atom is 0.338 e. The molecule has 2 rings (SSSR count). The number of ketones is 1. The minimum absolute atomic E-state index is 0.0461. The Morgan fingerprint density at radius 2 is 1.26 bits per heavy atom. The van der Waals surface area contributed by atoms with Crippen LogP contribution in [0.4, 0.5) is 0 Å². The van der Waals surface area contributed by atoms with E-state index in [0.717, 1.165) is 0 Å². The molecule has 2 aromatic carbocycles. The molecule has 0 aliphatic carbocycles. The Kier molecular flexibility index (Phi) is 8.61. The maximum atomic E-state index is 12.7. The largest absolute Gasteiger partial charge is 0.423 e. The molecule has 7 nitrogen and oxygen atoms in total. The van der Waals surface area contributed by atoms with Gasteiger partial charge in [0.2, 0.25) is 0 Å². The lowest BCUT2D eigenvalue weighted by molar-refractivity contribution is -0.132. The zero-order valence-corrected chi connectivity index (χ0v) is 19.2. The predicted octanol–water partition coefficient (Wildman–Crippen LogP) is 5.03. The number of hydrogen-bond donors (Lipinski definition) is 0. The summed E-state index contributed by atoms with van der Waals surface area (Å²) in [6.45, 7) is 15.0. The van der Waals surface area contributed by atoms with Gasteiger partial charge in [-0.1, -0.05) is 37.9 Å². The van der Waals surface area contributed by atoms with E-state index in [2.05, 4.69) is 19.7 Å². The number of carbonyl (C=O) groups is 4. The lowest BCUT2D eigenvalue weighted by Gasteiger charge is -2.11. The van der Waals surface area contributed by atoms with Crippen LogP contribution in [0, 0.1) is 0 Å². The molecule has 34 heavy (non-hydrogen) atoms. The van der Waals surface area contributed by atoms with Gasteiger partial charge in [0.15, 0.2) is 17.3 Å². The van der Waals surface area contributed by atoms with Crippen molar-refractivity contribution >= 4 is 29.8 Å². The van der Waals surface area contributed by atoms with Crippen molar-refractivity contribution in [2.24, 2.45) is 0 Å². The lowest BCUT2D eigenvalue weighted by atomic mass is 10.1. The second-order valence-electron chi connectivity index (χ2n) is 7.44. The van der Waals surface area contributed by atoms with Crippen LogP contribution < -0.4 is 14.2 Å². The molecule has 0 radical (unpaired) electrons. The van der Waals surface area contributed by atoms with Gasteiger partial charge in [-0.2, -0.15) is 0 Å². The smallest absolute Gasteiger partial charge is 0.338 e. The monoisotopic (exact) mass is 460 g/mol. The summed E-state index contributed by atoms with van der Waals surface area (Å²) in [4.78, 5) is 48.3. The van der Waals surface area contributed by atoms with Gasteiger partial charge < -0.3 is 14.2 Å². The zero-order valence-electron chi connectivity index (χ0n) is 19.2. The minimum Gasteiger partial charge on any atom is -0.423 e. The van der Waals surface area contributed by atoms with Gasteiger partial charge in [-0.25, -0.2) is 14.4 Å². The van der Waals surface area contributed by atoms with E-state index in [1.807, 2.05) is 0 Å². The van der Waals surface area contributed by atoms with E-state index < -0.39 is 23.7 Å². The van der Waals surface area contributed by atoms with Crippen LogP contribution in [-0.2, 0) is 14.4 Å². The van der Waals surface area contributed by atoms with Crippen LogP contribution in [0.5, 0.6) is 17.2 Å². The summed E-state index contributed by atoms with van der Waals surface area (Å²) in [6, 6.07) is 10.7. The van der Waals surface area contributed by atoms with Crippen molar-refractivity contribution in [3.8, 4) is 17.2 Å². The molecule has 0 aliphatic rings. The van der Waals surface area contributed by atoms with Gasteiger partial charge >= 0.3 is 17.9 Å². The molecule has 0 aromatic heterocycles. The summed E-state index contributed by atoms with van der Waals surface area (Å²) >= 11 is 0. The fourth-order valence-corrected chi connectivity index (χ4v) is 2.34. The second kappa shape index (κ2) is 11.4. The number of hydrogen-bond acceptors (Lipinski definition) is 7. The summed E-state index contributed by atoms with van der Waals surface area (Å²) in [7, 11) is 0. The fraction of sp³-hybridized carbons (Fsp3) is 0.111. The maximum absolute atomic E-state index is 12.7. The first-order valence-electron chi connectivity index (χ1n) is 10.1. The van der Waals surface area contributed by atoms with Crippen LogP contribution in [0.2, 0.25) is 0 Å². The van der Waals surface area contributed by atoms with Crippen molar-refractivity contribution < 1.29 is 33.4 Å². The van der Waals surface area contributed by atoms with Crippen molar-refractivity contribution in [1.82, 2.24) is 0 Å². The van der Waals surface area contributed by atoms with E-state index in [9.17, 15) is 19.2 Å². The highest BCUT2D eigenvalue weighted by Gasteiger charge is 2.17. The van der Waals surface area contributed by atoms with E-state index in [-0.39, 0.29) is 33.8 Å². The summed E-state index contributed by atoms with van der Waals surface area (Å²) in [5.41, 5.74) is 1.33. The Morgan fingerprint density at radius 1 is 0.706 bits per heavy atom. The number of benzene rings is 2. The van der Waals surface area contributed by atoms with E-state index in [4.69, 9.17) is 14.2 Å². The molecule has 174 valence electrons. The van der Waals surface area contributed by atoms with Crippen LogP contribution >= 0.6 is 0 Å². The third-order valence-electron chi connectivity index (χ3n) is 4.17. The van der Waals surface area contributed by atoms with Crippen molar-refractivity contribution in [3.63, 3.8) is 0 Å². The lowest BCUT2D eigenvalue weighted by Crippen LogP contribution is -2.13. The molecule has 0 heterocycles. The van der Waals surface area contributed by atoms with Gasteiger partial charge in [-0.3, -0.25) is 4.79 Å². The van der Waals surface area contributed by atoms with Crippen molar-refractivity contribution in [2.45, 2.75) is 20.8 Å². The van der Waals surface area contributed by atoms with Crippen LogP contribution in [-0.4, -0.2) is 23.7 Å². The highest BCUT2D eigenvalue weighted by atomic mass is 16.6.